The summed E-state index contributed by atoms with van der Waals surface area (Å²) < 4.78 is 0. The molecule has 0 spiro atoms. The molecule has 2 heteroatoms. The first-order valence-electron chi connectivity index (χ1n) is 11.2. The van der Waals surface area contributed by atoms with E-state index in [9.17, 15) is 0 Å². The molecule has 0 bridgehead atoms. The predicted molar refractivity (Wildman–Crippen MR) is 113 cm³/mol. The van der Waals surface area contributed by atoms with Gasteiger partial charge in [0.25, 0.3) is 0 Å². The largest absolute Gasteiger partial charge is 0.311 e. The quantitative estimate of drug-likeness (QED) is 0.401. The number of rotatable bonds is 12. The van der Waals surface area contributed by atoms with Crippen LogP contribution < -0.4 is 5.32 Å². The zero-order chi connectivity index (χ0) is 18.9. The van der Waals surface area contributed by atoms with Crippen LogP contribution in [-0.2, 0) is 0 Å². The topological polar surface area (TPSA) is 15.3 Å². The molecule has 0 aromatic rings. The average Bonchev–Trinajstić information content (AvgIpc) is 2.50. The zero-order valence-electron chi connectivity index (χ0n) is 18.6. The summed E-state index contributed by atoms with van der Waals surface area (Å²) in [5.74, 6) is 0. The van der Waals surface area contributed by atoms with E-state index in [1.165, 1.54) is 77.0 Å². The lowest BCUT2D eigenvalue weighted by Gasteiger charge is -2.54. The van der Waals surface area contributed by atoms with Gasteiger partial charge in [-0.15, -0.1) is 0 Å². The van der Waals surface area contributed by atoms with Gasteiger partial charge >= 0.3 is 0 Å². The van der Waals surface area contributed by atoms with E-state index in [-0.39, 0.29) is 11.1 Å². The van der Waals surface area contributed by atoms with Crippen molar-refractivity contribution in [2.75, 3.05) is 7.05 Å². The van der Waals surface area contributed by atoms with Crippen molar-refractivity contribution >= 4 is 0 Å². The van der Waals surface area contributed by atoms with Crippen molar-refractivity contribution in [3.05, 3.63) is 0 Å². The summed E-state index contributed by atoms with van der Waals surface area (Å²) in [5.41, 5.74) is 0.577. The summed E-state index contributed by atoms with van der Waals surface area (Å²) in [6.07, 6.45) is 16.7. The molecule has 0 radical (unpaired) electrons. The highest BCUT2D eigenvalue weighted by atomic mass is 15.2. The molecular formula is C23H48N2. The van der Waals surface area contributed by atoms with Gasteiger partial charge in [-0.2, -0.15) is 0 Å². The van der Waals surface area contributed by atoms with Crippen LogP contribution in [0.5, 0.6) is 0 Å². The fraction of sp³-hybridized carbons (Fsp3) is 1.00. The van der Waals surface area contributed by atoms with E-state index < -0.39 is 0 Å². The van der Waals surface area contributed by atoms with E-state index in [0.29, 0.717) is 12.1 Å². The summed E-state index contributed by atoms with van der Waals surface area (Å²) in [7, 11) is 2.29. The van der Waals surface area contributed by atoms with Crippen molar-refractivity contribution in [2.45, 2.75) is 142 Å². The summed E-state index contributed by atoms with van der Waals surface area (Å²) in [6.45, 7) is 14.3. The van der Waals surface area contributed by atoms with Gasteiger partial charge in [0.15, 0.2) is 0 Å². The van der Waals surface area contributed by atoms with Crippen LogP contribution in [0.15, 0.2) is 0 Å². The maximum absolute atomic E-state index is 3.95. The maximum atomic E-state index is 3.95. The highest BCUT2D eigenvalue weighted by Gasteiger charge is 2.42. The summed E-state index contributed by atoms with van der Waals surface area (Å²) >= 11 is 0. The molecule has 0 aliphatic carbocycles. The number of likely N-dealkylation sites (tertiary alicyclic amines) is 1. The first-order chi connectivity index (χ1) is 11.7. The first kappa shape index (κ1) is 23.0. The molecule has 25 heavy (non-hydrogen) atoms. The Kier molecular flexibility index (Phi) is 10.0. The Balaban J connectivity index is 2.15. The molecular weight excluding hydrogens is 304 g/mol. The normalized spacial score (nSPS) is 22.2. The predicted octanol–water partition coefficient (Wildman–Crippen LogP) is 6.54. The number of piperidine rings is 1. The van der Waals surface area contributed by atoms with Crippen molar-refractivity contribution in [2.24, 2.45) is 0 Å². The number of nitrogens with one attached hydrogen (secondary N) is 1. The Hall–Kier alpha value is -0.0800. The third-order valence-corrected chi connectivity index (χ3v) is 6.57. The smallest absolute Gasteiger partial charge is 0.0170 e. The maximum Gasteiger partial charge on any atom is 0.0170 e. The highest BCUT2D eigenvalue weighted by molar-refractivity contribution is 5.01. The number of nitrogens with zero attached hydrogens (tertiary/aromatic N) is 1. The minimum atomic E-state index is 0.289. The third kappa shape index (κ3) is 8.43. The van der Waals surface area contributed by atoms with Gasteiger partial charge in [-0.25, -0.2) is 0 Å². The first-order valence-corrected chi connectivity index (χ1v) is 11.2. The average molecular weight is 353 g/mol. The van der Waals surface area contributed by atoms with Crippen LogP contribution in [0, 0.1) is 0 Å². The Labute approximate surface area is 159 Å². The molecule has 0 saturated carbocycles. The minimum Gasteiger partial charge on any atom is -0.311 e. The van der Waals surface area contributed by atoms with Crippen LogP contribution in [0.25, 0.3) is 0 Å². The second kappa shape index (κ2) is 10.9. The van der Waals surface area contributed by atoms with Crippen LogP contribution in [0.3, 0.4) is 0 Å². The molecule has 1 rings (SSSR count). The third-order valence-electron chi connectivity index (χ3n) is 6.57. The van der Waals surface area contributed by atoms with Gasteiger partial charge in [-0.1, -0.05) is 64.7 Å². The monoisotopic (exact) mass is 352 g/mol. The molecule has 0 aromatic carbocycles. The summed E-state index contributed by atoms with van der Waals surface area (Å²) in [5, 5.41) is 3.95. The molecule has 1 atom stereocenters. The molecule has 150 valence electrons. The molecule has 1 aliphatic rings. The van der Waals surface area contributed by atoms with Crippen LogP contribution in [0.2, 0.25) is 0 Å². The molecule has 1 unspecified atom stereocenters. The second-order valence-corrected chi connectivity index (χ2v) is 9.97. The van der Waals surface area contributed by atoms with Crippen LogP contribution >= 0.6 is 0 Å². The fourth-order valence-electron chi connectivity index (χ4n) is 4.74. The Morgan fingerprint density at radius 2 is 1.28 bits per heavy atom. The molecule has 1 aliphatic heterocycles. The standard InChI is InChI=1S/C23H48N2/c1-8-9-10-11-12-13-14-15-16-17-20(2)24-21-18-22(3,4)25(7)23(5,6)19-21/h20-21,24H,8-19H2,1-7H3. The van der Waals surface area contributed by atoms with Crippen molar-refractivity contribution < 1.29 is 0 Å². The SMILES string of the molecule is CCCCCCCCCCCC(C)NC1CC(C)(C)N(C)C(C)(C)C1. The van der Waals surface area contributed by atoms with E-state index in [1.807, 2.05) is 0 Å². The zero-order valence-corrected chi connectivity index (χ0v) is 18.6. The van der Waals surface area contributed by atoms with Gasteiger partial charge in [0.2, 0.25) is 0 Å². The minimum absolute atomic E-state index is 0.289. The van der Waals surface area contributed by atoms with E-state index in [1.54, 1.807) is 0 Å². The summed E-state index contributed by atoms with van der Waals surface area (Å²) in [6, 6.07) is 1.32. The lowest BCUT2D eigenvalue weighted by atomic mass is 9.77. The number of hydrogen-bond acceptors (Lipinski definition) is 2. The Bertz CT molecular complexity index is 330. The Morgan fingerprint density at radius 1 is 0.840 bits per heavy atom. The van der Waals surface area contributed by atoms with Crippen LogP contribution in [-0.4, -0.2) is 35.1 Å². The lowest BCUT2D eigenvalue weighted by Crippen LogP contribution is -2.62. The van der Waals surface area contributed by atoms with Crippen LogP contribution in [0.4, 0.5) is 0 Å². The number of unbranched alkanes of at least 4 members (excludes halogenated alkanes) is 8. The van der Waals surface area contributed by atoms with Crippen molar-refractivity contribution in [1.82, 2.24) is 10.2 Å². The van der Waals surface area contributed by atoms with Gasteiger partial charge < -0.3 is 5.32 Å². The van der Waals surface area contributed by atoms with Gasteiger partial charge in [0.05, 0.1) is 0 Å². The molecule has 0 amide bonds. The Morgan fingerprint density at radius 3 is 1.76 bits per heavy atom. The van der Waals surface area contributed by atoms with Crippen molar-refractivity contribution in [3.8, 4) is 0 Å². The van der Waals surface area contributed by atoms with E-state index in [4.69, 9.17) is 0 Å². The van der Waals surface area contributed by atoms with Gasteiger partial charge in [0.1, 0.15) is 0 Å². The molecule has 1 saturated heterocycles. The lowest BCUT2D eigenvalue weighted by molar-refractivity contribution is -0.0199. The molecule has 0 aromatic heterocycles. The van der Waals surface area contributed by atoms with E-state index in [0.717, 1.165) is 0 Å². The summed E-state index contributed by atoms with van der Waals surface area (Å²) in [4.78, 5) is 2.57. The van der Waals surface area contributed by atoms with Crippen LogP contribution in [0.1, 0.15) is 119 Å². The highest BCUT2D eigenvalue weighted by Crippen LogP contribution is 2.37. The van der Waals surface area contributed by atoms with Crippen molar-refractivity contribution in [1.29, 1.82) is 0 Å². The van der Waals surface area contributed by atoms with Gasteiger partial charge in [0, 0.05) is 23.2 Å². The molecule has 2 nitrogen and oxygen atoms in total. The number of hydrogen-bond donors (Lipinski definition) is 1. The molecule has 1 heterocycles. The molecule has 1 N–H and O–H groups in total. The fourth-order valence-corrected chi connectivity index (χ4v) is 4.74. The molecule has 1 fully saturated rings. The second-order valence-electron chi connectivity index (χ2n) is 9.97. The van der Waals surface area contributed by atoms with Gasteiger partial charge in [-0.3, -0.25) is 4.90 Å². The van der Waals surface area contributed by atoms with Crippen molar-refractivity contribution in [3.63, 3.8) is 0 Å². The van der Waals surface area contributed by atoms with E-state index >= 15 is 0 Å². The van der Waals surface area contributed by atoms with E-state index in [2.05, 4.69) is 58.8 Å². The van der Waals surface area contributed by atoms with Gasteiger partial charge in [-0.05, 0) is 60.9 Å².